The van der Waals surface area contributed by atoms with Crippen LogP contribution >= 0.6 is 0 Å². The SMILES string of the molecule is C1CCCC1.CC(C)NC(=O)O. The zero-order valence-electron chi connectivity index (χ0n) is 7.97. The molecule has 1 aliphatic carbocycles. The predicted molar refractivity (Wildman–Crippen MR) is 49.4 cm³/mol. The highest BCUT2D eigenvalue weighted by molar-refractivity contribution is 5.64. The Morgan fingerprint density at radius 1 is 1.17 bits per heavy atom. The number of hydrogen-bond donors (Lipinski definition) is 2. The summed E-state index contributed by atoms with van der Waals surface area (Å²) in [7, 11) is 0. The molecule has 0 aromatic carbocycles. The van der Waals surface area contributed by atoms with Gasteiger partial charge in [-0.2, -0.15) is 0 Å². The van der Waals surface area contributed by atoms with Gasteiger partial charge in [0.2, 0.25) is 0 Å². The van der Waals surface area contributed by atoms with Gasteiger partial charge in [0, 0.05) is 6.04 Å². The molecule has 1 aliphatic rings. The first kappa shape index (κ1) is 11.3. The Hall–Kier alpha value is -0.730. The molecule has 1 amide bonds. The van der Waals surface area contributed by atoms with Crippen molar-refractivity contribution in [3.05, 3.63) is 0 Å². The van der Waals surface area contributed by atoms with Gasteiger partial charge in [0.1, 0.15) is 0 Å². The maximum atomic E-state index is 9.70. The lowest BCUT2D eigenvalue weighted by Crippen LogP contribution is -2.27. The summed E-state index contributed by atoms with van der Waals surface area (Å²) in [4.78, 5) is 9.70. The Kier molecular flexibility index (Phi) is 6.53. The summed E-state index contributed by atoms with van der Waals surface area (Å²) in [6.45, 7) is 3.54. The first-order valence-corrected chi connectivity index (χ1v) is 4.62. The van der Waals surface area contributed by atoms with Crippen LogP contribution in [-0.2, 0) is 0 Å². The van der Waals surface area contributed by atoms with Crippen molar-refractivity contribution in [1.29, 1.82) is 0 Å². The Balaban J connectivity index is 0.000000211. The van der Waals surface area contributed by atoms with Crippen molar-refractivity contribution in [1.82, 2.24) is 5.32 Å². The third-order valence-corrected chi connectivity index (χ3v) is 1.66. The molecule has 1 fully saturated rings. The predicted octanol–water partition coefficient (Wildman–Crippen LogP) is 2.61. The average Bonchev–Trinajstić information content (AvgIpc) is 2.36. The minimum atomic E-state index is -0.963. The van der Waals surface area contributed by atoms with Crippen molar-refractivity contribution in [2.24, 2.45) is 0 Å². The van der Waals surface area contributed by atoms with Crippen LogP contribution in [0.3, 0.4) is 0 Å². The van der Waals surface area contributed by atoms with Gasteiger partial charge < -0.3 is 10.4 Å². The van der Waals surface area contributed by atoms with Crippen LogP contribution in [0.5, 0.6) is 0 Å². The van der Waals surface area contributed by atoms with E-state index in [0.29, 0.717) is 0 Å². The molecule has 0 saturated heterocycles. The van der Waals surface area contributed by atoms with Crippen LogP contribution in [0.25, 0.3) is 0 Å². The summed E-state index contributed by atoms with van der Waals surface area (Å²) in [6.07, 6.45) is 6.54. The Morgan fingerprint density at radius 3 is 1.58 bits per heavy atom. The molecule has 1 rings (SSSR count). The third kappa shape index (κ3) is 9.27. The second-order valence-corrected chi connectivity index (χ2v) is 3.37. The number of rotatable bonds is 1. The standard InChI is InChI=1S/C5H10.C4H9NO2/c1-2-4-5-3-1;1-3(2)5-4(6)7/h1-5H2;3,5H,1-2H3,(H,6,7). The minimum absolute atomic E-state index is 0.0255. The molecule has 12 heavy (non-hydrogen) atoms. The first-order chi connectivity index (χ1) is 5.63. The van der Waals surface area contributed by atoms with Crippen molar-refractivity contribution in [3.8, 4) is 0 Å². The van der Waals surface area contributed by atoms with E-state index in [1.54, 1.807) is 13.8 Å². The molecule has 0 unspecified atom stereocenters. The quantitative estimate of drug-likeness (QED) is 0.640. The van der Waals surface area contributed by atoms with Gasteiger partial charge in [0.15, 0.2) is 0 Å². The molecule has 3 nitrogen and oxygen atoms in total. The summed E-state index contributed by atoms with van der Waals surface area (Å²) in [6, 6.07) is 0.0255. The third-order valence-electron chi connectivity index (χ3n) is 1.66. The van der Waals surface area contributed by atoms with Gasteiger partial charge in [-0.05, 0) is 13.8 Å². The van der Waals surface area contributed by atoms with Gasteiger partial charge >= 0.3 is 6.09 Å². The van der Waals surface area contributed by atoms with Crippen LogP contribution < -0.4 is 5.32 Å². The Bertz CT molecular complexity index is 112. The number of carboxylic acid groups (broad SMARTS) is 1. The summed E-state index contributed by atoms with van der Waals surface area (Å²) in [5, 5.41) is 10.2. The highest BCUT2D eigenvalue weighted by Gasteiger charge is 1.95. The molecule has 0 aromatic rings. The van der Waals surface area contributed by atoms with Crippen molar-refractivity contribution >= 4 is 6.09 Å². The summed E-state index contributed by atoms with van der Waals surface area (Å²) in [5.41, 5.74) is 0. The average molecular weight is 173 g/mol. The van der Waals surface area contributed by atoms with Gasteiger partial charge in [0.05, 0.1) is 0 Å². The van der Waals surface area contributed by atoms with Crippen molar-refractivity contribution < 1.29 is 9.90 Å². The fraction of sp³-hybridized carbons (Fsp3) is 0.889. The van der Waals surface area contributed by atoms with E-state index in [2.05, 4.69) is 5.32 Å². The minimum Gasteiger partial charge on any atom is -0.465 e. The number of carbonyl (C=O) groups is 1. The largest absolute Gasteiger partial charge is 0.465 e. The lowest BCUT2D eigenvalue weighted by molar-refractivity contribution is 0.191. The highest BCUT2D eigenvalue weighted by Crippen LogP contribution is 2.15. The molecular formula is C9H19NO2. The van der Waals surface area contributed by atoms with Crippen molar-refractivity contribution in [2.45, 2.75) is 52.0 Å². The zero-order chi connectivity index (χ0) is 9.40. The monoisotopic (exact) mass is 173 g/mol. The van der Waals surface area contributed by atoms with E-state index in [-0.39, 0.29) is 6.04 Å². The van der Waals surface area contributed by atoms with Gasteiger partial charge in [-0.3, -0.25) is 0 Å². The fourth-order valence-corrected chi connectivity index (χ4v) is 1.13. The van der Waals surface area contributed by atoms with Crippen LogP contribution in [0.15, 0.2) is 0 Å². The topological polar surface area (TPSA) is 49.3 Å². The van der Waals surface area contributed by atoms with E-state index in [1.807, 2.05) is 0 Å². The van der Waals surface area contributed by atoms with Crippen molar-refractivity contribution in [2.75, 3.05) is 0 Å². The van der Waals surface area contributed by atoms with Gasteiger partial charge in [-0.25, -0.2) is 4.79 Å². The lowest BCUT2D eigenvalue weighted by atomic mass is 10.4. The molecule has 0 aromatic heterocycles. The van der Waals surface area contributed by atoms with Gasteiger partial charge in [-0.15, -0.1) is 0 Å². The fourth-order valence-electron chi connectivity index (χ4n) is 1.13. The smallest absolute Gasteiger partial charge is 0.404 e. The van der Waals surface area contributed by atoms with Crippen LogP contribution in [-0.4, -0.2) is 17.2 Å². The van der Waals surface area contributed by atoms with E-state index < -0.39 is 6.09 Å². The number of amides is 1. The molecule has 1 saturated carbocycles. The molecule has 0 bridgehead atoms. The molecular weight excluding hydrogens is 154 g/mol. The van der Waals surface area contributed by atoms with E-state index in [1.165, 1.54) is 32.1 Å². The normalized spacial score (nSPS) is 15.2. The molecule has 0 spiro atoms. The zero-order valence-corrected chi connectivity index (χ0v) is 7.97. The van der Waals surface area contributed by atoms with Crippen molar-refractivity contribution in [3.63, 3.8) is 0 Å². The lowest BCUT2D eigenvalue weighted by Gasteiger charge is -2.00. The van der Waals surface area contributed by atoms with Gasteiger partial charge in [0.25, 0.3) is 0 Å². The van der Waals surface area contributed by atoms with E-state index in [9.17, 15) is 4.79 Å². The van der Waals surface area contributed by atoms with Gasteiger partial charge in [-0.1, -0.05) is 32.1 Å². The van der Waals surface area contributed by atoms with Crippen LogP contribution in [0.1, 0.15) is 46.0 Å². The van der Waals surface area contributed by atoms with Crippen LogP contribution in [0.4, 0.5) is 4.79 Å². The molecule has 0 radical (unpaired) electrons. The molecule has 72 valence electrons. The van der Waals surface area contributed by atoms with Crippen LogP contribution in [0, 0.1) is 0 Å². The first-order valence-electron chi connectivity index (χ1n) is 4.62. The molecule has 3 heteroatoms. The molecule has 0 atom stereocenters. The second-order valence-electron chi connectivity index (χ2n) is 3.37. The van der Waals surface area contributed by atoms with E-state index in [0.717, 1.165) is 0 Å². The van der Waals surface area contributed by atoms with E-state index in [4.69, 9.17) is 5.11 Å². The summed E-state index contributed by atoms with van der Waals surface area (Å²) < 4.78 is 0. The maximum absolute atomic E-state index is 9.70. The maximum Gasteiger partial charge on any atom is 0.404 e. The molecule has 0 aliphatic heterocycles. The summed E-state index contributed by atoms with van der Waals surface area (Å²) >= 11 is 0. The molecule has 2 N–H and O–H groups in total. The highest BCUT2D eigenvalue weighted by atomic mass is 16.4. The Morgan fingerprint density at radius 2 is 1.50 bits per heavy atom. The second kappa shape index (κ2) is 6.95. The van der Waals surface area contributed by atoms with Crippen LogP contribution in [0.2, 0.25) is 0 Å². The Labute approximate surface area is 74.2 Å². The number of nitrogens with one attached hydrogen (secondary N) is 1. The molecule has 0 heterocycles. The number of hydrogen-bond acceptors (Lipinski definition) is 1. The summed E-state index contributed by atoms with van der Waals surface area (Å²) in [5.74, 6) is 0. The van der Waals surface area contributed by atoms with E-state index >= 15 is 0 Å².